The van der Waals surface area contributed by atoms with Crippen LogP contribution in [0.2, 0.25) is 0 Å². The van der Waals surface area contributed by atoms with Gasteiger partial charge in [-0.05, 0) is 56.2 Å². The lowest BCUT2D eigenvalue weighted by atomic mass is 10.1. The fourth-order valence-corrected chi connectivity index (χ4v) is 5.66. The molecule has 0 unspecified atom stereocenters. The van der Waals surface area contributed by atoms with Gasteiger partial charge in [-0.3, -0.25) is 4.79 Å². The van der Waals surface area contributed by atoms with Gasteiger partial charge in [0, 0.05) is 25.8 Å². The largest absolute Gasteiger partial charge is 0.370 e. The molecule has 4 aromatic rings. The van der Waals surface area contributed by atoms with Crippen molar-refractivity contribution in [1.29, 1.82) is 0 Å². The van der Waals surface area contributed by atoms with Crippen LogP contribution in [0.1, 0.15) is 25.0 Å². The van der Waals surface area contributed by atoms with Crippen molar-refractivity contribution in [3.8, 4) is 0 Å². The van der Waals surface area contributed by atoms with Crippen LogP contribution in [0.15, 0.2) is 87.5 Å². The summed E-state index contributed by atoms with van der Waals surface area (Å²) >= 11 is 0. The van der Waals surface area contributed by atoms with Crippen molar-refractivity contribution in [2.45, 2.75) is 37.1 Å². The van der Waals surface area contributed by atoms with Gasteiger partial charge in [0.2, 0.25) is 15.3 Å². The lowest BCUT2D eigenvalue weighted by molar-refractivity contribution is 0.593. The van der Waals surface area contributed by atoms with Gasteiger partial charge < -0.3 is 9.47 Å². The second kappa shape index (κ2) is 9.43. The highest BCUT2D eigenvalue weighted by Crippen LogP contribution is 2.28. The van der Waals surface area contributed by atoms with Crippen molar-refractivity contribution in [3.63, 3.8) is 0 Å². The first-order valence-corrected chi connectivity index (χ1v) is 12.7. The highest BCUT2D eigenvalue weighted by Gasteiger charge is 2.25. The number of sulfone groups is 1. The third-order valence-corrected chi connectivity index (χ3v) is 7.75. The van der Waals surface area contributed by atoms with Crippen LogP contribution in [0.5, 0.6) is 0 Å². The maximum atomic E-state index is 15.1. The average Bonchev–Trinajstić information content (AvgIpc) is 2.83. The van der Waals surface area contributed by atoms with Crippen LogP contribution in [0.4, 0.5) is 10.1 Å². The molecule has 0 spiro atoms. The van der Waals surface area contributed by atoms with Crippen LogP contribution in [0.25, 0.3) is 10.9 Å². The smallest absolute Gasteiger partial charge is 0.211 e. The Balaban J connectivity index is 2.03. The lowest BCUT2D eigenvalue weighted by Crippen LogP contribution is -2.24. The molecule has 7 heteroatoms. The van der Waals surface area contributed by atoms with Gasteiger partial charge in [0.1, 0.15) is 10.7 Å². The van der Waals surface area contributed by atoms with E-state index < -0.39 is 21.1 Å². The fraction of sp³-hybridized carbons (Fsp3) is 0.222. The number of aromatic nitrogens is 1. The van der Waals surface area contributed by atoms with Crippen LogP contribution < -0.4 is 10.3 Å². The predicted molar refractivity (Wildman–Crippen MR) is 134 cm³/mol. The topological polar surface area (TPSA) is 59.4 Å². The molecule has 0 N–H and O–H groups in total. The van der Waals surface area contributed by atoms with Crippen LogP contribution in [-0.2, 0) is 16.4 Å². The summed E-state index contributed by atoms with van der Waals surface area (Å²) in [6.45, 7) is 7.18. The van der Waals surface area contributed by atoms with Gasteiger partial charge in [0.15, 0.2) is 0 Å². The molecule has 1 aromatic heterocycles. The summed E-state index contributed by atoms with van der Waals surface area (Å²) in [4.78, 5) is 15.0. The fourth-order valence-electron chi connectivity index (χ4n) is 4.19. The molecule has 0 amide bonds. The van der Waals surface area contributed by atoms with Crippen LogP contribution in [0, 0.1) is 12.7 Å². The number of aryl methyl sites for hydroxylation is 1. The Labute approximate surface area is 199 Å². The number of rotatable bonds is 7. The standard InChI is InChI=1S/C27H27FN2O3S/c1-4-29(5-2)25-16-24-22(15-23(25)28)27(31)26(18-30(24)17-20-11-7-6-8-12-20)34(32,33)21-13-9-10-19(3)14-21/h6-16,18H,4-5,17H2,1-3H3. The highest BCUT2D eigenvalue weighted by molar-refractivity contribution is 7.91. The monoisotopic (exact) mass is 478 g/mol. The van der Waals surface area contributed by atoms with Crippen molar-refractivity contribution < 1.29 is 12.8 Å². The number of nitrogens with zero attached hydrogens (tertiary/aromatic N) is 2. The van der Waals surface area contributed by atoms with Crippen LogP contribution >= 0.6 is 0 Å². The Morgan fingerprint density at radius 3 is 2.29 bits per heavy atom. The molecule has 0 aliphatic heterocycles. The van der Waals surface area contributed by atoms with Gasteiger partial charge in [-0.1, -0.05) is 42.5 Å². The van der Waals surface area contributed by atoms with E-state index in [9.17, 15) is 13.2 Å². The maximum absolute atomic E-state index is 15.1. The molecule has 0 aliphatic carbocycles. The number of anilines is 1. The molecular formula is C27H27FN2O3S. The minimum Gasteiger partial charge on any atom is -0.370 e. The number of halogens is 1. The van der Waals surface area contributed by atoms with Crippen molar-refractivity contribution in [3.05, 3.63) is 100 Å². The molecular weight excluding hydrogens is 451 g/mol. The SMILES string of the molecule is CCN(CC)c1cc2c(cc1F)c(=O)c(S(=O)(=O)c1cccc(C)c1)cn2Cc1ccccc1. The first kappa shape index (κ1) is 23.7. The van der Waals surface area contributed by atoms with E-state index in [1.807, 2.05) is 49.1 Å². The number of benzene rings is 3. The zero-order valence-corrected chi connectivity index (χ0v) is 20.3. The summed E-state index contributed by atoms with van der Waals surface area (Å²) in [6.07, 6.45) is 1.39. The van der Waals surface area contributed by atoms with Crippen LogP contribution in [-0.4, -0.2) is 26.1 Å². The molecule has 1 heterocycles. The molecule has 0 saturated carbocycles. The number of pyridine rings is 1. The molecule has 0 aliphatic rings. The van der Waals surface area contributed by atoms with Crippen LogP contribution in [0.3, 0.4) is 0 Å². The zero-order chi connectivity index (χ0) is 24.5. The van der Waals surface area contributed by atoms with E-state index in [0.29, 0.717) is 30.8 Å². The third-order valence-electron chi connectivity index (χ3n) is 6.01. The summed E-state index contributed by atoms with van der Waals surface area (Å²) in [7, 11) is -4.11. The molecule has 0 atom stereocenters. The van der Waals surface area contributed by atoms with E-state index in [2.05, 4.69) is 0 Å². The van der Waals surface area contributed by atoms with Gasteiger partial charge in [-0.25, -0.2) is 12.8 Å². The number of fused-ring (bicyclic) bond motifs is 1. The summed E-state index contributed by atoms with van der Waals surface area (Å²) < 4.78 is 43.9. The lowest BCUT2D eigenvalue weighted by Gasteiger charge is -2.23. The molecule has 3 aromatic carbocycles. The van der Waals surface area contributed by atoms with Gasteiger partial charge in [-0.15, -0.1) is 0 Å². The molecule has 0 radical (unpaired) electrons. The average molecular weight is 479 g/mol. The maximum Gasteiger partial charge on any atom is 0.211 e. The Bertz CT molecular complexity index is 1510. The third kappa shape index (κ3) is 4.35. The minimum atomic E-state index is -4.11. The Morgan fingerprint density at radius 1 is 0.941 bits per heavy atom. The Morgan fingerprint density at radius 2 is 1.65 bits per heavy atom. The quantitative estimate of drug-likeness (QED) is 0.367. The highest BCUT2D eigenvalue weighted by atomic mass is 32.2. The summed E-state index contributed by atoms with van der Waals surface area (Å²) in [5.41, 5.74) is 1.86. The van der Waals surface area contributed by atoms with Gasteiger partial charge in [-0.2, -0.15) is 0 Å². The molecule has 0 saturated heterocycles. The molecule has 176 valence electrons. The van der Waals surface area contributed by atoms with E-state index >= 15 is 4.39 Å². The van der Waals surface area contributed by atoms with Gasteiger partial charge in [0.05, 0.1) is 21.5 Å². The molecule has 0 bridgehead atoms. The van der Waals surface area contributed by atoms with E-state index in [1.165, 1.54) is 24.4 Å². The van der Waals surface area contributed by atoms with Gasteiger partial charge >= 0.3 is 0 Å². The second-order valence-electron chi connectivity index (χ2n) is 8.25. The van der Waals surface area contributed by atoms with Gasteiger partial charge in [0.25, 0.3) is 0 Å². The minimum absolute atomic E-state index is 0.0374. The Kier molecular flexibility index (Phi) is 6.57. The summed E-state index contributed by atoms with van der Waals surface area (Å²) in [6, 6.07) is 18.8. The predicted octanol–water partition coefficient (Wildman–Crippen LogP) is 5.18. The first-order valence-electron chi connectivity index (χ1n) is 11.2. The molecule has 4 rings (SSSR count). The van der Waals surface area contributed by atoms with Crippen molar-refractivity contribution in [2.24, 2.45) is 0 Å². The first-order chi connectivity index (χ1) is 16.3. The van der Waals surface area contributed by atoms with Crippen molar-refractivity contribution >= 4 is 26.4 Å². The molecule has 5 nitrogen and oxygen atoms in total. The van der Waals surface area contributed by atoms with E-state index in [4.69, 9.17) is 0 Å². The zero-order valence-electron chi connectivity index (χ0n) is 19.5. The Hall–Kier alpha value is -3.45. The summed E-state index contributed by atoms with van der Waals surface area (Å²) in [5.74, 6) is -0.551. The summed E-state index contributed by atoms with van der Waals surface area (Å²) in [5, 5.41) is 0.0399. The second-order valence-corrected chi connectivity index (χ2v) is 10.2. The normalized spacial score (nSPS) is 11.6. The van der Waals surface area contributed by atoms with E-state index in [0.717, 1.165) is 11.1 Å². The van der Waals surface area contributed by atoms with E-state index in [-0.39, 0.29) is 15.2 Å². The van der Waals surface area contributed by atoms with E-state index in [1.54, 1.807) is 29.7 Å². The van der Waals surface area contributed by atoms with Crippen molar-refractivity contribution in [2.75, 3.05) is 18.0 Å². The molecule has 0 fully saturated rings. The number of hydrogen-bond donors (Lipinski definition) is 0. The molecule has 34 heavy (non-hydrogen) atoms. The van der Waals surface area contributed by atoms with Crippen molar-refractivity contribution in [1.82, 2.24) is 4.57 Å². The number of hydrogen-bond acceptors (Lipinski definition) is 4.